The van der Waals surface area contributed by atoms with Crippen molar-refractivity contribution in [1.29, 1.82) is 10.8 Å². The largest absolute Gasteiger partial charge is 0.464 e. The molecule has 0 bridgehead atoms. The van der Waals surface area contributed by atoms with E-state index in [4.69, 9.17) is 32.0 Å². The van der Waals surface area contributed by atoms with Crippen molar-refractivity contribution < 1.29 is 9.53 Å². The van der Waals surface area contributed by atoms with Gasteiger partial charge in [-0.05, 0) is 38.0 Å². The lowest BCUT2D eigenvalue weighted by atomic mass is 10.0. The number of hydrogen-bond acceptors (Lipinski definition) is 5. The molecule has 156 valence electrons. The molecule has 0 aliphatic rings. The second kappa shape index (κ2) is 8.36. The molecule has 8 nitrogen and oxygen atoms in total. The van der Waals surface area contributed by atoms with E-state index in [1.165, 1.54) is 0 Å². The monoisotopic (exact) mass is 406 g/mol. The van der Waals surface area contributed by atoms with Gasteiger partial charge >= 0.3 is 5.97 Å². The highest BCUT2D eigenvalue weighted by Crippen LogP contribution is 2.33. The number of imidazole rings is 1. The third kappa shape index (κ3) is 3.63. The lowest BCUT2D eigenvalue weighted by Gasteiger charge is -2.19. The SMILES string of the molecule is CCOC(=O)C(C)n1c(-c2ccc(C(=N)N)cc2)nc2ccc(C(=N)N)c(CC)c21. The first-order valence-electron chi connectivity index (χ1n) is 9.79. The van der Waals surface area contributed by atoms with E-state index in [0.717, 1.165) is 16.6 Å². The number of carbonyl (C=O) groups excluding carboxylic acids is 1. The summed E-state index contributed by atoms with van der Waals surface area (Å²) < 4.78 is 7.12. The minimum atomic E-state index is -0.634. The first-order valence-corrected chi connectivity index (χ1v) is 9.79. The average Bonchev–Trinajstić information content (AvgIpc) is 3.12. The van der Waals surface area contributed by atoms with E-state index in [2.05, 4.69) is 0 Å². The third-order valence-corrected chi connectivity index (χ3v) is 5.07. The molecule has 0 fully saturated rings. The zero-order valence-corrected chi connectivity index (χ0v) is 17.3. The van der Waals surface area contributed by atoms with Crippen LogP contribution in [-0.2, 0) is 16.0 Å². The number of aromatic nitrogens is 2. The van der Waals surface area contributed by atoms with Gasteiger partial charge in [0.1, 0.15) is 23.5 Å². The Kier molecular flexibility index (Phi) is 5.86. The molecular formula is C22H26N6O2. The molecule has 0 spiro atoms. The number of ether oxygens (including phenoxy) is 1. The fourth-order valence-corrected chi connectivity index (χ4v) is 3.61. The lowest BCUT2D eigenvalue weighted by Crippen LogP contribution is -2.21. The summed E-state index contributed by atoms with van der Waals surface area (Å²) in [7, 11) is 0. The number of benzene rings is 2. The van der Waals surface area contributed by atoms with Gasteiger partial charge in [0.15, 0.2) is 0 Å². The highest BCUT2D eigenvalue weighted by Gasteiger charge is 2.26. The fourth-order valence-electron chi connectivity index (χ4n) is 3.61. The maximum atomic E-state index is 12.6. The maximum Gasteiger partial charge on any atom is 0.328 e. The molecule has 0 aliphatic carbocycles. The molecule has 0 aliphatic heterocycles. The van der Waals surface area contributed by atoms with Crippen LogP contribution in [0.4, 0.5) is 0 Å². The lowest BCUT2D eigenvalue weighted by molar-refractivity contribution is -0.146. The van der Waals surface area contributed by atoms with Crippen LogP contribution >= 0.6 is 0 Å². The van der Waals surface area contributed by atoms with Crippen molar-refractivity contribution in [2.75, 3.05) is 6.61 Å². The Balaban J connectivity index is 2.33. The zero-order chi connectivity index (χ0) is 22.0. The van der Waals surface area contributed by atoms with Crippen molar-refractivity contribution in [2.24, 2.45) is 11.5 Å². The molecule has 2 aromatic carbocycles. The van der Waals surface area contributed by atoms with Crippen LogP contribution in [0.3, 0.4) is 0 Å². The number of esters is 1. The van der Waals surface area contributed by atoms with Crippen LogP contribution < -0.4 is 11.5 Å². The van der Waals surface area contributed by atoms with Crippen LogP contribution in [0.5, 0.6) is 0 Å². The van der Waals surface area contributed by atoms with Crippen molar-refractivity contribution >= 4 is 28.7 Å². The van der Waals surface area contributed by atoms with Crippen LogP contribution in [0.25, 0.3) is 22.4 Å². The van der Waals surface area contributed by atoms with Gasteiger partial charge in [0.2, 0.25) is 0 Å². The molecule has 0 saturated heterocycles. The molecular weight excluding hydrogens is 380 g/mol. The Morgan fingerprint density at radius 2 is 1.77 bits per heavy atom. The molecule has 8 heteroatoms. The Morgan fingerprint density at radius 3 is 2.30 bits per heavy atom. The van der Waals surface area contributed by atoms with E-state index in [9.17, 15) is 4.79 Å². The zero-order valence-electron chi connectivity index (χ0n) is 17.3. The van der Waals surface area contributed by atoms with E-state index in [1.54, 1.807) is 32.0 Å². The first kappa shape index (κ1) is 21.0. The summed E-state index contributed by atoms with van der Waals surface area (Å²) in [6.45, 7) is 5.79. The minimum Gasteiger partial charge on any atom is -0.464 e. The van der Waals surface area contributed by atoms with Gasteiger partial charge in [0.25, 0.3) is 0 Å². The summed E-state index contributed by atoms with van der Waals surface area (Å²) in [5.74, 6) is 0.178. The Morgan fingerprint density at radius 1 is 1.10 bits per heavy atom. The van der Waals surface area contributed by atoms with Gasteiger partial charge in [-0.2, -0.15) is 0 Å². The molecule has 0 radical (unpaired) electrons. The molecule has 1 aromatic heterocycles. The van der Waals surface area contributed by atoms with Crippen molar-refractivity contribution in [2.45, 2.75) is 33.2 Å². The summed E-state index contributed by atoms with van der Waals surface area (Å²) in [4.78, 5) is 17.4. The highest BCUT2D eigenvalue weighted by molar-refractivity contribution is 6.01. The Hall–Kier alpha value is -3.68. The van der Waals surface area contributed by atoms with E-state index in [0.29, 0.717) is 28.9 Å². The Labute approximate surface area is 174 Å². The summed E-state index contributed by atoms with van der Waals surface area (Å²) in [6, 6.07) is 10.1. The van der Waals surface area contributed by atoms with Gasteiger partial charge in [-0.25, -0.2) is 9.78 Å². The van der Waals surface area contributed by atoms with Crippen molar-refractivity contribution in [3.63, 3.8) is 0 Å². The number of nitrogens with two attached hydrogens (primary N) is 2. The molecule has 1 heterocycles. The molecule has 1 atom stereocenters. The van der Waals surface area contributed by atoms with Gasteiger partial charge < -0.3 is 20.8 Å². The summed E-state index contributed by atoms with van der Waals surface area (Å²) in [5.41, 5.74) is 15.7. The number of nitrogens with zero attached hydrogens (tertiary/aromatic N) is 2. The summed E-state index contributed by atoms with van der Waals surface area (Å²) in [6.07, 6.45) is 0.621. The number of nitrogen functional groups attached to an aromatic ring is 2. The third-order valence-electron chi connectivity index (χ3n) is 5.07. The highest BCUT2D eigenvalue weighted by atomic mass is 16.5. The predicted octanol–water partition coefficient (Wildman–Crippen LogP) is 2.96. The van der Waals surface area contributed by atoms with Crippen LogP contribution in [-0.4, -0.2) is 33.8 Å². The van der Waals surface area contributed by atoms with Crippen molar-refractivity contribution in [3.05, 3.63) is 53.1 Å². The molecule has 3 rings (SSSR count). The first-order chi connectivity index (χ1) is 14.3. The number of hydrogen-bond donors (Lipinski definition) is 4. The number of rotatable bonds is 7. The van der Waals surface area contributed by atoms with Crippen LogP contribution in [0.2, 0.25) is 0 Å². The number of carbonyl (C=O) groups is 1. The molecule has 6 N–H and O–H groups in total. The quantitative estimate of drug-likeness (QED) is 0.271. The normalized spacial score (nSPS) is 12.0. The van der Waals surface area contributed by atoms with E-state index >= 15 is 0 Å². The second-order valence-corrected chi connectivity index (χ2v) is 6.95. The average molecular weight is 406 g/mol. The topological polar surface area (TPSA) is 144 Å². The number of amidine groups is 2. The molecule has 1 unspecified atom stereocenters. The van der Waals surface area contributed by atoms with Gasteiger partial charge in [-0.3, -0.25) is 10.8 Å². The van der Waals surface area contributed by atoms with Crippen LogP contribution in [0, 0.1) is 10.8 Å². The standard InChI is InChI=1S/C22H26N6O2/c1-4-15-16(20(25)26)10-11-17-18(15)28(12(3)22(29)30-5-2)21(27-17)14-8-6-13(7-9-14)19(23)24/h6-12H,4-5H2,1-3H3,(H3,23,24)(H3,25,26). The van der Waals surface area contributed by atoms with Gasteiger partial charge in [-0.1, -0.05) is 31.2 Å². The molecule has 0 saturated carbocycles. The molecule has 3 aromatic rings. The maximum absolute atomic E-state index is 12.6. The van der Waals surface area contributed by atoms with Crippen molar-refractivity contribution in [1.82, 2.24) is 9.55 Å². The second-order valence-electron chi connectivity index (χ2n) is 6.95. The van der Waals surface area contributed by atoms with E-state index < -0.39 is 6.04 Å². The summed E-state index contributed by atoms with van der Waals surface area (Å²) in [5, 5.41) is 15.5. The fraction of sp³-hybridized carbons (Fsp3) is 0.273. The van der Waals surface area contributed by atoms with Gasteiger partial charge in [-0.15, -0.1) is 0 Å². The summed E-state index contributed by atoms with van der Waals surface area (Å²) >= 11 is 0. The van der Waals surface area contributed by atoms with E-state index in [-0.39, 0.29) is 24.2 Å². The van der Waals surface area contributed by atoms with Crippen LogP contribution in [0.15, 0.2) is 36.4 Å². The minimum absolute atomic E-state index is 0.0192. The number of aryl methyl sites for hydroxylation is 1. The molecule has 30 heavy (non-hydrogen) atoms. The van der Waals surface area contributed by atoms with Crippen LogP contribution in [0.1, 0.15) is 43.5 Å². The number of nitrogens with one attached hydrogen (secondary N) is 2. The number of fused-ring (bicyclic) bond motifs is 1. The van der Waals surface area contributed by atoms with Crippen molar-refractivity contribution in [3.8, 4) is 11.4 Å². The molecule has 0 amide bonds. The van der Waals surface area contributed by atoms with Gasteiger partial charge in [0.05, 0.1) is 17.6 Å². The predicted molar refractivity (Wildman–Crippen MR) is 118 cm³/mol. The smallest absolute Gasteiger partial charge is 0.328 e. The van der Waals surface area contributed by atoms with E-state index in [1.807, 2.05) is 29.7 Å². The Bertz CT molecular complexity index is 1130. The van der Waals surface area contributed by atoms with Gasteiger partial charge in [0, 0.05) is 16.7 Å².